The minimum atomic E-state index is -0.212. The van der Waals surface area contributed by atoms with E-state index in [1.807, 2.05) is 24.3 Å². The van der Waals surface area contributed by atoms with Crippen LogP contribution in [0.15, 0.2) is 42.5 Å². The summed E-state index contributed by atoms with van der Waals surface area (Å²) in [5, 5.41) is 3.72. The van der Waals surface area contributed by atoms with E-state index < -0.39 is 0 Å². The maximum Gasteiger partial charge on any atom is 0.257 e. The normalized spacial score (nSPS) is 10.2. The number of benzene rings is 2. The quantitative estimate of drug-likeness (QED) is 0.824. The lowest BCUT2D eigenvalue weighted by atomic mass is 10.1. The Morgan fingerprint density at radius 1 is 1.13 bits per heavy atom. The average Bonchev–Trinajstić information content (AvgIpc) is 2.52. The van der Waals surface area contributed by atoms with Gasteiger partial charge in [-0.25, -0.2) is 0 Å². The topological polar surface area (TPSA) is 47.6 Å². The van der Waals surface area contributed by atoms with Crippen molar-refractivity contribution in [2.75, 3.05) is 20.3 Å². The molecule has 0 saturated carbocycles. The van der Waals surface area contributed by atoms with Crippen LogP contribution in [0.2, 0.25) is 10.0 Å². The fourth-order valence-corrected chi connectivity index (χ4v) is 2.56. The highest BCUT2D eigenvalue weighted by atomic mass is 35.5. The summed E-state index contributed by atoms with van der Waals surface area (Å²) in [6.07, 6.45) is 0.679. The van der Waals surface area contributed by atoms with Gasteiger partial charge in [-0.1, -0.05) is 41.4 Å². The number of hydrogen-bond donors (Lipinski definition) is 1. The van der Waals surface area contributed by atoms with Crippen LogP contribution in [0, 0.1) is 0 Å². The molecule has 0 aliphatic rings. The number of halogens is 2. The molecular formula is C17H17Cl2NO3. The van der Waals surface area contributed by atoms with Gasteiger partial charge in [0, 0.05) is 16.6 Å². The number of para-hydroxylation sites is 1. The maximum atomic E-state index is 11.8. The largest absolute Gasteiger partial charge is 0.496 e. The lowest BCUT2D eigenvalue weighted by molar-refractivity contribution is -0.123. The SMILES string of the molecule is COc1ccccc1CCNC(=O)COc1cc(Cl)cc(Cl)c1. The molecule has 1 amide bonds. The lowest BCUT2D eigenvalue weighted by Crippen LogP contribution is -2.30. The van der Waals surface area contributed by atoms with Crippen LogP contribution >= 0.6 is 23.2 Å². The van der Waals surface area contributed by atoms with E-state index in [0.717, 1.165) is 11.3 Å². The Kier molecular flexibility index (Phi) is 6.56. The molecule has 0 aliphatic carbocycles. The van der Waals surface area contributed by atoms with Gasteiger partial charge in [0.1, 0.15) is 11.5 Å². The van der Waals surface area contributed by atoms with Crippen molar-refractivity contribution in [1.82, 2.24) is 5.32 Å². The van der Waals surface area contributed by atoms with Crippen LogP contribution in [-0.4, -0.2) is 26.2 Å². The van der Waals surface area contributed by atoms with Gasteiger partial charge in [0.15, 0.2) is 6.61 Å². The molecule has 0 unspecified atom stereocenters. The van der Waals surface area contributed by atoms with Gasteiger partial charge in [-0.3, -0.25) is 4.79 Å². The zero-order chi connectivity index (χ0) is 16.7. The molecule has 2 rings (SSSR count). The monoisotopic (exact) mass is 353 g/mol. The molecule has 0 spiro atoms. The summed E-state index contributed by atoms with van der Waals surface area (Å²) in [5.41, 5.74) is 1.04. The van der Waals surface area contributed by atoms with Gasteiger partial charge in [-0.2, -0.15) is 0 Å². The Balaban J connectivity index is 1.77. The maximum absolute atomic E-state index is 11.8. The molecule has 0 aliphatic heterocycles. The van der Waals surface area contributed by atoms with Gasteiger partial charge >= 0.3 is 0 Å². The molecule has 0 aromatic heterocycles. The summed E-state index contributed by atoms with van der Waals surface area (Å²) < 4.78 is 10.6. The molecule has 0 bridgehead atoms. The van der Waals surface area contributed by atoms with Gasteiger partial charge in [0.25, 0.3) is 5.91 Å². The third-order valence-corrected chi connectivity index (χ3v) is 3.55. The number of methoxy groups -OCH3 is 1. The van der Waals surface area contributed by atoms with E-state index in [4.69, 9.17) is 32.7 Å². The molecule has 0 heterocycles. The number of carbonyl (C=O) groups is 1. The molecule has 2 aromatic rings. The van der Waals surface area contributed by atoms with Crippen LogP contribution in [0.25, 0.3) is 0 Å². The minimum absolute atomic E-state index is 0.0946. The Hall–Kier alpha value is -1.91. The van der Waals surface area contributed by atoms with Crippen LogP contribution in [-0.2, 0) is 11.2 Å². The number of nitrogens with one attached hydrogen (secondary N) is 1. The van der Waals surface area contributed by atoms with E-state index >= 15 is 0 Å². The van der Waals surface area contributed by atoms with E-state index in [-0.39, 0.29) is 12.5 Å². The first-order valence-corrected chi connectivity index (χ1v) is 7.81. The summed E-state index contributed by atoms with van der Waals surface area (Å²) in [7, 11) is 1.63. The Bertz CT molecular complexity index is 656. The average molecular weight is 354 g/mol. The Morgan fingerprint density at radius 3 is 2.52 bits per heavy atom. The fraction of sp³-hybridized carbons (Fsp3) is 0.235. The van der Waals surface area contributed by atoms with Crippen LogP contribution in [0.1, 0.15) is 5.56 Å². The van der Waals surface area contributed by atoms with Gasteiger partial charge < -0.3 is 14.8 Å². The van der Waals surface area contributed by atoms with Crippen molar-refractivity contribution in [3.63, 3.8) is 0 Å². The van der Waals surface area contributed by atoms with Gasteiger partial charge in [-0.05, 0) is 36.2 Å². The van der Waals surface area contributed by atoms with Crippen LogP contribution in [0.5, 0.6) is 11.5 Å². The molecule has 4 nitrogen and oxygen atoms in total. The summed E-state index contributed by atoms with van der Waals surface area (Å²) in [6, 6.07) is 12.5. The number of rotatable bonds is 7. The van der Waals surface area contributed by atoms with Crippen LogP contribution in [0.4, 0.5) is 0 Å². The van der Waals surface area contributed by atoms with E-state index in [0.29, 0.717) is 28.8 Å². The number of ether oxygens (including phenoxy) is 2. The van der Waals surface area contributed by atoms with E-state index in [1.54, 1.807) is 25.3 Å². The predicted molar refractivity (Wildman–Crippen MR) is 91.7 cm³/mol. The van der Waals surface area contributed by atoms with Crippen molar-refractivity contribution in [3.8, 4) is 11.5 Å². The fourth-order valence-electron chi connectivity index (χ4n) is 2.06. The number of carbonyl (C=O) groups excluding carboxylic acids is 1. The van der Waals surface area contributed by atoms with Crippen LogP contribution in [0.3, 0.4) is 0 Å². The summed E-state index contributed by atoms with van der Waals surface area (Å²) in [6.45, 7) is 0.404. The van der Waals surface area contributed by atoms with Crippen molar-refractivity contribution in [2.45, 2.75) is 6.42 Å². The summed E-state index contributed by atoms with van der Waals surface area (Å²) >= 11 is 11.7. The van der Waals surface area contributed by atoms with Crippen molar-refractivity contribution >= 4 is 29.1 Å². The Morgan fingerprint density at radius 2 is 1.83 bits per heavy atom. The minimum Gasteiger partial charge on any atom is -0.496 e. The first-order valence-electron chi connectivity index (χ1n) is 7.06. The van der Waals surface area contributed by atoms with Crippen molar-refractivity contribution in [2.24, 2.45) is 0 Å². The molecule has 0 fully saturated rings. The third kappa shape index (κ3) is 5.66. The molecule has 122 valence electrons. The van der Waals surface area contributed by atoms with Crippen molar-refractivity contribution in [1.29, 1.82) is 0 Å². The predicted octanol–water partition coefficient (Wildman–Crippen LogP) is 3.74. The Labute approximate surface area is 145 Å². The highest BCUT2D eigenvalue weighted by Crippen LogP contribution is 2.24. The molecule has 23 heavy (non-hydrogen) atoms. The van der Waals surface area contributed by atoms with Crippen molar-refractivity contribution in [3.05, 3.63) is 58.1 Å². The number of amides is 1. The van der Waals surface area contributed by atoms with Gasteiger partial charge in [0.05, 0.1) is 7.11 Å². The number of hydrogen-bond acceptors (Lipinski definition) is 3. The highest BCUT2D eigenvalue weighted by molar-refractivity contribution is 6.34. The smallest absolute Gasteiger partial charge is 0.257 e. The standard InChI is InChI=1S/C17H17Cl2NO3/c1-22-16-5-3-2-4-12(16)6-7-20-17(21)11-23-15-9-13(18)8-14(19)10-15/h2-5,8-10H,6-7,11H2,1H3,(H,20,21). The zero-order valence-electron chi connectivity index (χ0n) is 12.6. The molecule has 0 atom stereocenters. The molecular weight excluding hydrogens is 337 g/mol. The summed E-state index contributed by atoms with van der Waals surface area (Å²) in [5.74, 6) is 1.06. The van der Waals surface area contributed by atoms with E-state index in [1.165, 1.54) is 0 Å². The molecule has 0 saturated heterocycles. The molecule has 1 N–H and O–H groups in total. The second-order valence-electron chi connectivity index (χ2n) is 4.81. The zero-order valence-corrected chi connectivity index (χ0v) is 14.2. The van der Waals surface area contributed by atoms with Crippen molar-refractivity contribution < 1.29 is 14.3 Å². The first-order chi connectivity index (χ1) is 11.1. The second kappa shape index (κ2) is 8.65. The summed E-state index contributed by atoms with van der Waals surface area (Å²) in [4.78, 5) is 11.8. The second-order valence-corrected chi connectivity index (χ2v) is 5.68. The lowest BCUT2D eigenvalue weighted by Gasteiger charge is -2.10. The van der Waals surface area contributed by atoms with Gasteiger partial charge in [0.2, 0.25) is 0 Å². The molecule has 2 aromatic carbocycles. The van der Waals surface area contributed by atoms with E-state index in [2.05, 4.69) is 5.32 Å². The third-order valence-electron chi connectivity index (χ3n) is 3.12. The highest BCUT2D eigenvalue weighted by Gasteiger charge is 2.06. The van der Waals surface area contributed by atoms with Gasteiger partial charge in [-0.15, -0.1) is 0 Å². The van der Waals surface area contributed by atoms with Crippen LogP contribution < -0.4 is 14.8 Å². The first kappa shape index (κ1) is 17.4. The van der Waals surface area contributed by atoms with E-state index in [9.17, 15) is 4.79 Å². The molecule has 6 heteroatoms. The molecule has 0 radical (unpaired) electrons.